The fourth-order valence-corrected chi connectivity index (χ4v) is 2.09. The van der Waals surface area contributed by atoms with Gasteiger partial charge in [-0.25, -0.2) is 0 Å². The molecule has 0 radical (unpaired) electrons. The zero-order valence-electron chi connectivity index (χ0n) is 10.3. The van der Waals surface area contributed by atoms with Gasteiger partial charge in [-0.05, 0) is 37.5 Å². The van der Waals surface area contributed by atoms with Gasteiger partial charge in [0, 0.05) is 11.8 Å². The summed E-state index contributed by atoms with van der Waals surface area (Å²) in [4.78, 5) is 0. The topological polar surface area (TPSA) is 53.2 Å². The maximum absolute atomic E-state index is 9.44. The van der Waals surface area contributed by atoms with Crippen LogP contribution in [0.5, 0.6) is 5.75 Å². The number of hydrogen-bond acceptors (Lipinski definition) is 3. The molecule has 0 amide bonds. The first-order chi connectivity index (χ1) is 8.56. The van der Waals surface area contributed by atoms with Gasteiger partial charge in [-0.1, -0.05) is 17.7 Å². The standard InChI is InChI=1S/C14H16ClNO2/c1-10(17)11-2-3-13(12(15)8-11)18-9-14(4-5-14)6-7-16/h2-3,8,10,17H,4-6,9H2,1H3. The Morgan fingerprint density at radius 3 is 2.78 bits per heavy atom. The molecule has 1 unspecified atom stereocenters. The van der Waals surface area contributed by atoms with Crippen molar-refractivity contribution in [3.63, 3.8) is 0 Å². The smallest absolute Gasteiger partial charge is 0.137 e. The van der Waals surface area contributed by atoms with Gasteiger partial charge in [-0.15, -0.1) is 0 Å². The van der Waals surface area contributed by atoms with Crippen LogP contribution in [0.15, 0.2) is 18.2 Å². The average Bonchev–Trinajstić information content (AvgIpc) is 3.08. The molecule has 1 aromatic rings. The lowest BCUT2D eigenvalue weighted by Crippen LogP contribution is -2.12. The average molecular weight is 266 g/mol. The Morgan fingerprint density at radius 2 is 2.28 bits per heavy atom. The van der Waals surface area contributed by atoms with Crippen LogP contribution in [0.25, 0.3) is 0 Å². The van der Waals surface area contributed by atoms with E-state index < -0.39 is 6.10 Å². The molecule has 1 aromatic carbocycles. The molecule has 0 bridgehead atoms. The Bertz CT molecular complexity index is 475. The summed E-state index contributed by atoms with van der Waals surface area (Å²) in [6.07, 6.45) is 2.09. The summed E-state index contributed by atoms with van der Waals surface area (Å²) in [5.74, 6) is 0.616. The van der Waals surface area contributed by atoms with E-state index in [0.717, 1.165) is 18.4 Å². The molecule has 1 fully saturated rings. The zero-order valence-corrected chi connectivity index (χ0v) is 11.1. The van der Waals surface area contributed by atoms with Crippen LogP contribution in [0.4, 0.5) is 0 Å². The first-order valence-electron chi connectivity index (χ1n) is 6.04. The molecule has 3 nitrogen and oxygen atoms in total. The van der Waals surface area contributed by atoms with Gasteiger partial charge in [0.2, 0.25) is 0 Å². The first kappa shape index (κ1) is 13.2. The number of benzene rings is 1. The van der Waals surface area contributed by atoms with E-state index in [0.29, 0.717) is 23.8 Å². The molecule has 18 heavy (non-hydrogen) atoms. The van der Waals surface area contributed by atoms with Crippen molar-refractivity contribution in [2.24, 2.45) is 5.41 Å². The predicted octanol–water partition coefficient (Wildman–Crippen LogP) is 3.47. The van der Waals surface area contributed by atoms with Crippen LogP contribution in [-0.4, -0.2) is 11.7 Å². The number of nitrogens with zero attached hydrogens (tertiary/aromatic N) is 1. The fraction of sp³-hybridized carbons (Fsp3) is 0.500. The number of aliphatic hydroxyl groups is 1. The van der Waals surface area contributed by atoms with Crippen LogP contribution in [0, 0.1) is 16.7 Å². The van der Waals surface area contributed by atoms with E-state index in [9.17, 15) is 5.11 Å². The lowest BCUT2D eigenvalue weighted by molar-refractivity contribution is 0.199. The van der Waals surface area contributed by atoms with Crippen molar-refractivity contribution < 1.29 is 9.84 Å². The summed E-state index contributed by atoms with van der Waals surface area (Å²) in [7, 11) is 0. The van der Waals surface area contributed by atoms with Gasteiger partial charge in [0.05, 0.1) is 23.8 Å². The minimum atomic E-state index is -0.537. The molecular formula is C14H16ClNO2. The summed E-state index contributed by atoms with van der Waals surface area (Å²) in [6, 6.07) is 7.49. The van der Waals surface area contributed by atoms with Gasteiger partial charge < -0.3 is 9.84 Å². The Labute approximate surface area is 112 Å². The van der Waals surface area contributed by atoms with Crippen molar-refractivity contribution >= 4 is 11.6 Å². The summed E-state index contributed by atoms with van der Waals surface area (Å²) < 4.78 is 5.69. The number of ether oxygens (including phenoxy) is 1. The lowest BCUT2D eigenvalue weighted by Gasteiger charge is -2.15. The quantitative estimate of drug-likeness (QED) is 0.887. The zero-order chi connectivity index (χ0) is 13.2. The van der Waals surface area contributed by atoms with Crippen LogP contribution in [0.2, 0.25) is 5.02 Å². The Kier molecular flexibility index (Phi) is 3.79. The minimum Gasteiger partial charge on any atom is -0.491 e. The number of aliphatic hydroxyl groups excluding tert-OH is 1. The number of rotatable bonds is 5. The van der Waals surface area contributed by atoms with Crippen LogP contribution in [0.3, 0.4) is 0 Å². The van der Waals surface area contributed by atoms with E-state index in [4.69, 9.17) is 21.6 Å². The van der Waals surface area contributed by atoms with Gasteiger partial charge in [0.15, 0.2) is 0 Å². The molecule has 0 saturated heterocycles. The van der Waals surface area contributed by atoms with E-state index in [1.54, 1.807) is 25.1 Å². The Morgan fingerprint density at radius 1 is 1.56 bits per heavy atom. The highest BCUT2D eigenvalue weighted by Gasteiger charge is 2.43. The maximum Gasteiger partial charge on any atom is 0.137 e. The van der Waals surface area contributed by atoms with E-state index in [1.807, 2.05) is 0 Å². The molecule has 1 atom stereocenters. The predicted molar refractivity (Wildman–Crippen MR) is 69.5 cm³/mol. The van der Waals surface area contributed by atoms with Crippen molar-refractivity contribution in [1.82, 2.24) is 0 Å². The molecule has 0 heterocycles. The van der Waals surface area contributed by atoms with Crippen LogP contribution in [0.1, 0.15) is 37.9 Å². The van der Waals surface area contributed by atoms with Crippen molar-refractivity contribution in [2.75, 3.05) is 6.61 Å². The molecular weight excluding hydrogens is 250 g/mol. The highest BCUT2D eigenvalue weighted by Crippen LogP contribution is 2.49. The molecule has 1 aliphatic rings. The van der Waals surface area contributed by atoms with Crippen molar-refractivity contribution in [3.8, 4) is 11.8 Å². The summed E-state index contributed by atoms with van der Waals surface area (Å²) in [5, 5.41) is 18.7. The second-order valence-corrected chi connectivity index (χ2v) is 5.40. The largest absolute Gasteiger partial charge is 0.491 e. The highest BCUT2D eigenvalue weighted by molar-refractivity contribution is 6.32. The summed E-state index contributed by atoms with van der Waals surface area (Å²) >= 11 is 6.10. The first-order valence-corrected chi connectivity index (χ1v) is 6.41. The van der Waals surface area contributed by atoms with E-state index in [2.05, 4.69) is 6.07 Å². The molecule has 2 rings (SSSR count). The molecule has 0 aliphatic heterocycles. The van der Waals surface area contributed by atoms with Crippen LogP contribution >= 0.6 is 11.6 Å². The van der Waals surface area contributed by atoms with Gasteiger partial charge >= 0.3 is 0 Å². The van der Waals surface area contributed by atoms with E-state index >= 15 is 0 Å². The normalized spacial score (nSPS) is 17.9. The lowest BCUT2D eigenvalue weighted by atomic mass is 10.1. The molecule has 0 aromatic heterocycles. The van der Waals surface area contributed by atoms with Gasteiger partial charge in [-0.3, -0.25) is 0 Å². The van der Waals surface area contributed by atoms with Crippen LogP contribution in [-0.2, 0) is 0 Å². The van der Waals surface area contributed by atoms with Gasteiger partial charge in [-0.2, -0.15) is 5.26 Å². The summed E-state index contributed by atoms with van der Waals surface area (Å²) in [6.45, 7) is 2.23. The maximum atomic E-state index is 9.44. The third kappa shape index (κ3) is 2.95. The number of halogens is 1. The van der Waals surface area contributed by atoms with Gasteiger partial charge in [0.25, 0.3) is 0 Å². The molecule has 4 heteroatoms. The third-order valence-corrected chi connectivity index (χ3v) is 3.68. The van der Waals surface area contributed by atoms with E-state index in [-0.39, 0.29) is 5.41 Å². The third-order valence-electron chi connectivity index (χ3n) is 3.38. The molecule has 1 saturated carbocycles. The second-order valence-electron chi connectivity index (χ2n) is 4.99. The molecule has 1 N–H and O–H groups in total. The van der Waals surface area contributed by atoms with Crippen LogP contribution < -0.4 is 4.74 Å². The Hall–Kier alpha value is -1.24. The Balaban J connectivity index is 2.00. The molecule has 1 aliphatic carbocycles. The van der Waals surface area contributed by atoms with Crippen molar-refractivity contribution in [2.45, 2.75) is 32.3 Å². The second kappa shape index (κ2) is 5.17. The highest BCUT2D eigenvalue weighted by atomic mass is 35.5. The molecule has 0 spiro atoms. The van der Waals surface area contributed by atoms with Crippen molar-refractivity contribution in [3.05, 3.63) is 28.8 Å². The van der Waals surface area contributed by atoms with Gasteiger partial charge in [0.1, 0.15) is 5.75 Å². The minimum absolute atomic E-state index is 0.0427. The number of nitriles is 1. The van der Waals surface area contributed by atoms with E-state index in [1.165, 1.54) is 0 Å². The summed E-state index contributed by atoms with van der Waals surface area (Å²) in [5.41, 5.74) is 0.812. The monoisotopic (exact) mass is 265 g/mol. The SMILES string of the molecule is CC(O)c1ccc(OCC2(CC#N)CC2)c(Cl)c1. The molecule has 96 valence electrons. The fourth-order valence-electron chi connectivity index (χ4n) is 1.84. The number of hydrogen-bond donors (Lipinski definition) is 1. The van der Waals surface area contributed by atoms with Crippen molar-refractivity contribution in [1.29, 1.82) is 5.26 Å².